The number of rotatable bonds is 5. The molecule has 0 spiro atoms. The summed E-state index contributed by atoms with van der Waals surface area (Å²) in [4.78, 5) is 15.1. The second-order valence-corrected chi connectivity index (χ2v) is 7.17. The van der Waals surface area contributed by atoms with Gasteiger partial charge in [-0.05, 0) is 31.3 Å². The van der Waals surface area contributed by atoms with Gasteiger partial charge in [-0.25, -0.2) is 4.98 Å². The molecular formula is C19H25N5O2S. The molecule has 1 saturated heterocycles. The van der Waals surface area contributed by atoms with Gasteiger partial charge in [0.2, 0.25) is 5.88 Å². The Hall–Kier alpha value is -2.32. The Morgan fingerprint density at radius 3 is 3.04 bits per heavy atom. The average Bonchev–Trinajstić information content (AvgIpc) is 2.67. The van der Waals surface area contributed by atoms with Crippen LogP contribution in [0.2, 0.25) is 0 Å². The van der Waals surface area contributed by atoms with Crippen molar-refractivity contribution in [1.82, 2.24) is 19.9 Å². The van der Waals surface area contributed by atoms with Crippen molar-refractivity contribution in [2.75, 3.05) is 31.6 Å². The first-order chi connectivity index (χ1) is 13.0. The molecule has 0 bridgehead atoms. The molecular weight excluding hydrogens is 362 g/mol. The van der Waals surface area contributed by atoms with Gasteiger partial charge in [0.1, 0.15) is 18.5 Å². The van der Waals surface area contributed by atoms with E-state index in [1.54, 1.807) is 12.4 Å². The highest BCUT2D eigenvalue weighted by Gasteiger charge is 2.23. The van der Waals surface area contributed by atoms with Crippen molar-refractivity contribution in [1.29, 1.82) is 0 Å². The summed E-state index contributed by atoms with van der Waals surface area (Å²) in [6.07, 6.45) is 3.40. The summed E-state index contributed by atoms with van der Waals surface area (Å²) in [6.45, 7) is 8.50. The van der Waals surface area contributed by atoms with Crippen molar-refractivity contribution < 1.29 is 9.47 Å². The van der Waals surface area contributed by atoms with Crippen LogP contribution >= 0.6 is 12.2 Å². The van der Waals surface area contributed by atoms with Crippen molar-refractivity contribution in [3.05, 3.63) is 42.1 Å². The lowest BCUT2D eigenvalue weighted by Gasteiger charge is -2.34. The first-order valence-electron chi connectivity index (χ1n) is 9.07. The van der Waals surface area contributed by atoms with Gasteiger partial charge < -0.3 is 19.7 Å². The normalized spacial score (nSPS) is 17.0. The van der Waals surface area contributed by atoms with E-state index in [1.807, 2.05) is 25.1 Å². The number of anilines is 1. The van der Waals surface area contributed by atoms with Crippen LogP contribution in [0.25, 0.3) is 0 Å². The molecule has 0 saturated carbocycles. The summed E-state index contributed by atoms with van der Waals surface area (Å²) in [5.41, 5.74) is 1.77. The fourth-order valence-corrected chi connectivity index (χ4v) is 3.00. The summed E-state index contributed by atoms with van der Waals surface area (Å²) >= 11 is 5.52. The largest absolute Gasteiger partial charge is 0.475 e. The predicted molar refractivity (Wildman–Crippen MR) is 108 cm³/mol. The number of hydrogen-bond acceptors (Lipinski definition) is 6. The molecule has 1 N–H and O–H groups in total. The highest BCUT2D eigenvalue weighted by atomic mass is 32.1. The molecule has 1 unspecified atom stereocenters. The third-order valence-electron chi connectivity index (χ3n) is 4.12. The first-order valence-corrected chi connectivity index (χ1v) is 9.48. The molecule has 0 aromatic carbocycles. The van der Waals surface area contributed by atoms with E-state index in [0.717, 1.165) is 23.8 Å². The highest BCUT2D eigenvalue weighted by molar-refractivity contribution is 7.80. The van der Waals surface area contributed by atoms with Crippen LogP contribution in [-0.4, -0.2) is 57.4 Å². The minimum Gasteiger partial charge on any atom is -0.475 e. The number of aryl methyl sites for hydroxylation is 1. The molecule has 0 aliphatic carbocycles. The van der Waals surface area contributed by atoms with Gasteiger partial charge in [-0.15, -0.1) is 0 Å². The molecule has 2 aromatic rings. The Labute approximate surface area is 165 Å². The van der Waals surface area contributed by atoms with Crippen molar-refractivity contribution in [2.45, 2.75) is 32.8 Å². The van der Waals surface area contributed by atoms with E-state index in [-0.39, 0.29) is 12.0 Å². The Morgan fingerprint density at radius 2 is 2.30 bits per heavy atom. The van der Waals surface area contributed by atoms with E-state index in [2.05, 4.69) is 39.0 Å². The van der Waals surface area contributed by atoms with E-state index in [0.29, 0.717) is 30.8 Å². The quantitative estimate of drug-likeness (QED) is 0.785. The molecule has 1 aliphatic heterocycles. The standard InChI is InChI=1S/C19H25N5O2S/c1-13(2)18-21-14(3)9-17(23-18)26-12-16-11-24(7-8-25-16)19(27)22-15-5-4-6-20-10-15/h4-6,9-10,13,16H,7-8,11-12H2,1-3H3,(H,22,27). The van der Waals surface area contributed by atoms with Gasteiger partial charge in [0, 0.05) is 37.0 Å². The fourth-order valence-electron chi connectivity index (χ4n) is 2.72. The SMILES string of the molecule is Cc1cc(OCC2CN(C(=S)Nc3cccnc3)CCO2)nc(C(C)C)n1. The molecule has 0 amide bonds. The molecule has 1 aliphatic rings. The van der Waals surface area contributed by atoms with Crippen LogP contribution in [0.4, 0.5) is 5.69 Å². The predicted octanol–water partition coefficient (Wildman–Crippen LogP) is 2.78. The van der Waals surface area contributed by atoms with Crippen molar-refractivity contribution >= 4 is 23.0 Å². The smallest absolute Gasteiger partial charge is 0.216 e. The Morgan fingerprint density at radius 1 is 1.44 bits per heavy atom. The van der Waals surface area contributed by atoms with Crippen LogP contribution in [-0.2, 0) is 4.74 Å². The number of hydrogen-bond donors (Lipinski definition) is 1. The third kappa shape index (κ3) is 5.58. The average molecular weight is 388 g/mol. The van der Waals surface area contributed by atoms with E-state index in [4.69, 9.17) is 21.7 Å². The zero-order valence-corrected chi connectivity index (χ0v) is 16.7. The molecule has 2 aromatic heterocycles. The number of pyridine rings is 1. The topological polar surface area (TPSA) is 72.4 Å². The van der Waals surface area contributed by atoms with Crippen molar-refractivity contribution in [3.8, 4) is 5.88 Å². The van der Waals surface area contributed by atoms with E-state index in [1.165, 1.54) is 0 Å². The van der Waals surface area contributed by atoms with Crippen molar-refractivity contribution in [3.63, 3.8) is 0 Å². The van der Waals surface area contributed by atoms with Gasteiger partial charge in [-0.2, -0.15) is 4.98 Å². The maximum absolute atomic E-state index is 5.89. The van der Waals surface area contributed by atoms with Gasteiger partial charge in [0.15, 0.2) is 5.11 Å². The minimum absolute atomic E-state index is 0.0785. The number of nitrogens with one attached hydrogen (secondary N) is 1. The minimum atomic E-state index is -0.0785. The lowest BCUT2D eigenvalue weighted by Crippen LogP contribution is -2.49. The van der Waals surface area contributed by atoms with Crippen LogP contribution in [0, 0.1) is 6.92 Å². The highest BCUT2D eigenvalue weighted by Crippen LogP contribution is 2.16. The number of aromatic nitrogens is 3. The third-order valence-corrected chi connectivity index (χ3v) is 4.48. The fraction of sp³-hybridized carbons (Fsp3) is 0.474. The van der Waals surface area contributed by atoms with E-state index < -0.39 is 0 Å². The van der Waals surface area contributed by atoms with Crippen LogP contribution in [0.15, 0.2) is 30.6 Å². The molecule has 3 heterocycles. The summed E-state index contributed by atoms with van der Waals surface area (Å²) in [7, 11) is 0. The molecule has 1 fully saturated rings. The van der Waals surface area contributed by atoms with Gasteiger partial charge in [-0.3, -0.25) is 4.98 Å². The summed E-state index contributed by atoms with van der Waals surface area (Å²) in [5.74, 6) is 1.63. The second kappa shape index (κ2) is 9.05. The lowest BCUT2D eigenvalue weighted by molar-refractivity contribution is -0.0288. The van der Waals surface area contributed by atoms with Gasteiger partial charge in [0.05, 0.1) is 18.5 Å². The van der Waals surface area contributed by atoms with Gasteiger partial charge in [-0.1, -0.05) is 13.8 Å². The van der Waals surface area contributed by atoms with Crippen LogP contribution in [0.3, 0.4) is 0 Å². The number of nitrogens with zero attached hydrogens (tertiary/aromatic N) is 4. The maximum atomic E-state index is 5.89. The summed E-state index contributed by atoms with van der Waals surface area (Å²) in [6, 6.07) is 5.65. The summed E-state index contributed by atoms with van der Waals surface area (Å²) < 4.78 is 11.7. The summed E-state index contributed by atoms with van der Waals surface area (Å²) in [5, 5.41) is 3.87. The number of thiocarbonyl (C=S) groups is 1. The molecule has 7 nitrogen and oxygen atoms in total. The maximum Gasteiger partial charge on any atom is 0.216 e. The van der Waals surface area contributed by atoms with Crippen LogP contribution in [0.1, 0.15) is 31.3 Å². The number of morpholine rings is 1. The van der Waals surface area contributed by atoms with Crippen molar-refractivity contribution in [2.24, 2.45) is 0 Å². The molecule has 0 radical (unpaired) electrons. The molecule has 144 valence electrons. The monoisotopic (exact) mass is 387 g/mol. The zero-order chi connectivity index (χ0) is 19.2. The second-order valence-electron chi connectivity index (χ2n) is 6.78. The van der Waals surface area contributed by atoms with Gasteiger partial charge >= 0.3 is 0 Å². The number of ether oxygens (including phenoxy) is 2. The van der Waals surface area contributed by atoms with Crippen LogP contribution in [0.5, 0.6) is 5.88 Å². The Kier molecular flexibility index (Phi) is 6.52. The van der Waals surface area contributed by atoms with Crippen LogP contribution < -0.4 is 10.1 Å². The first kappa shape index (κ1) is 19.4. The Balaban J connectivity index is 1.55. The lowest BCUT2D eigenvalue weighted by atomic mass is 10.2. The van der Waals surface area contributed by atoms with E-state index in [9.17, 15) is 0 Å². The Bertz CT molecular complexity index is 772. The van der Waals surface area contributed by atoms with Gasteiger partial charge in [0.25, 0.3) is 0 Å². The molecule has 3 rings (SSSR count). The zero-order valence-electron chi connectivity index (χ0n) is 15.9. The molecule has 27 heavy (non-hydrogen) atoms. The molecule has 8 heteroatoms. The van der Waals surface area contributed by atoms with E-state index >= 15 is 0 Å². The molecule has 1 atom stereocenters.